The van der Waals surface area contributed by atoms with Crippen LogP contribution in [0.3, 0.4) is 0 Å². The van der Waals surface area contributed by atoms with Crippen molar-refractivity contribution in [2.75, 3.05) is 50.8 Å². The molecule has 2 spiro atoms. The third-order valence-corrected chi connectivity index (χ3v) is 11.7. The lowest BCUT2D eigenvalue weighted by Gasteiger charge is -2.61. The molecule has 42 heavy (non-hydrogen) atoms. The van der Waals surface area contributed by atoms with Gasteiger partial charge in [0.25, 0.3) is 0 Å². The van der Waals surface area contributed by atoms with Crippen molar-refractivity contribution in [3.05, 3.63) is 41.2 Å². The maximum Gasteiger partial charge on any atom is 0.245 e. The van der Waals surface area contributed by atoms with Gasteiger partial charge >= 0.3 is 0 Å². The summed E-state index contributed by atoms with van der Waals surface area (Å²) in [6.45, 7) is 16.5. The summed E-state index contributed by atoms with van der Waals surface area (Å²) in [5, 5.41) is 14.9. The molecule has 5 heterocycles. The van der Waals surface area contributed by atoms with E-state index < -0.39 is 0 Å². The maximum absolute atomic E-state index is 12.1. The van der Waals surface area contributed by atoms with E-state index in [0.717, 1.165) is 103 Å². The summed E-state index contributed by atoms with van der Waals surface area (Å²) in [5.41, 5.74) is 5.79. The molecule has 2 aliphatic carbocycles. The molecule has 3 saturated heterocycles. The molecule has 5 aliphatic rings. The summed E-state index contributed by atoms with van der Waals surface area (Å²) in [7, 11) is 0. The van der Waals surface area contributed by atoms with Gasteiger partial charge in [-0.05, 0) is 70.6 Å². The van der Waals surface area contributed by atoms with Crippen LogP contribution >= 0.6 is 11.6 Å². The van der Waals surface area contributed by atoms with Crippen LogP contribution in [0.25, 0.3) is 22.0 Å². The van der Waals surface area contributed by atoms with Crippen molar-refractivity contribution in [1.29, 1.82) is 0 Å². The Balaban J connectivity index is 1.20. The number of aryl methyl sites for hydroxylation is 1. The number of carbonyl (C=O) groups excluding carboxylic acids is 1. The number of halogens is 1. The minimum atomic E-state index is 0.0365. The fourth-order valence-corrected chi connectivity index (χ4v) is 8.82. The minimum Gasteiger partial charge on any atom is -0.377 e. The Bertz CT molecular complexity index is 1600. The molecular formula is C32H40ClN7O2. The van der Waals surface area contributed by atoms with Crippen LogP contribution in [0.15, 0.2) is 24.9 Å². The van der Waals surface area contributed by atoms with E-state index in [2.05, 4.69) is 58.1 Å². The van der Waals surface area contributed by atoms with Gasteiger partial charge in [-0.1, -0.05) is 18.2 Å². The number of nitrogens with one attached hydrogen (secondary N) is 1. The molecule has 0 bridgehead atoms. The quantitative estimate of drug-likeness (QED) is 0.427. The molecule has 1 aromatic carbocycles. The van der Waals surface area contributed by atoms with Crippen LogP contribution in [0.2, 0.25) is 5.02 Å². The molecule has 10 heteroatoms. The van der Waals surface area contributed by atoms with Crippen LogP contribution in [0.5, 0.6) is 0 Å². The first kappa shape index (κ1) is 26.7. The number of hydrogen-bond acceptors (Lipinski definition) is 6. The number of nitrogens with zero attached hydrogens (tertiary/aromatic N) is 6. The average Bonchev–Trinajstić information content (AvgIpc) is 3.49. The molecule has 1 amide bonds. The second-order valence-electron chi connectivity index (χ2n) is 14.0. The molecule has 0 radical (unpaired) electrons. The first-order valence-corrected chi connectivity index (χ1v) is 15.8. The molecule has 1 N–H and O–H groups in total. The van der Waals surface area contributed by atoms with Gasteiger partial charge in [0.05, 0.1) is 47.1 Å². The number of rotatable bonds is 5. The smallest absolute Gasteiger partial charge is 0.245 e. The molecule has 9 nitrogen and oxygen atoms in total. The van der Waals surface area contributed by atoms with Crippen LogP contribution in [-0.2, 0) is 9.53 Å². The second-order valence-corrected chi connectivity index (χ2v) is 14.4. The zero-order valence-electron chi connectivity index (χ0n) is 24.9. The number of fused-ring (bicyclic) bond motifs is 1. The van der Waals surface area contributed by atoms with Gasteiger partial charge in [0, 0.05) is 60.3 Å². The first-order chi connectivity index (χ1) is 20.2. The number of H-pyrrole nitrogens is 1. The number of amides is 1. The number of hydrogen-bond donors (Lipinski definition) is 1. The van der Waals surface area contributed by atoms with E-state index in [4.69, 9.17) is 21.4 Å². The Labute approximate surface area is 251 Å². The predicted octanol–water partition coefficient (Wildman–Crippen LogP) is 4.88. The van der Waals surface area contributed by atoms with E-state index in [1.807, 2.05) is 11.1 Å². The van der Waals surface area contributed by atoms with E-state index in [0.29, 0.717) is 6.04 Å². The zero-order chi connectivity index (χ0) is 29.0. The van der Waals surface area contributed by atoms with Crippen molar-refractivity contribution >= 4 is 34.2 Å². The fraction of sp³-hybridized carbons (Fsp3) is 0.594. The summed E-state index contributed by atoms with van der Waals surface area (Å²) in [4.78, 5) is 19.3. The maximum atomic E-state index is 12.1. The highest BCUT2D eigenvalue weighted by Crippen LogP contribution is 2.56. The standard InChI is InChI=1S/C32H40ClN7O2/c1-5-25(41)37-15-31(16-37)12-22(13-31)40-21(3)26(27-23-14-34-35-24(23)11-20(2)28(27)33)29(36-40)39-10-9-38(30(4)18-42-19-30)17-32(39)7-6-8-32/h5,11,14,22H,1,6-10,12-13,15-19H2,2-4H3,(H,34,35). The van der Waals surface area contributed by atoms with Gasteiger partial charge in [0.15, 0.2) is 5.82 Å². The van der Waals surface area contributed by atoms with Crippen molar-refractivity contribution in [2.45, 2.75) is 70.0 Å². The average molecular weight is 590 g/mol. The molecular weight excluding hydrogens is 550 g/mol. The third-order valence-electron chi connectivity index (χ3n) is 11.2. The molecule has 2 aromatic heterocycles. The summed E-state index contributed by atoms with van der Waals surface area (Å²) < 4.78 is 7.95. The summed E-state index contributed by atoms with van der Waals surface area (Å²) in [6.07, 6.45) is 9.00. The normalized spacial score (nSPS) is 24.4. The van der Waals surface area contributed by atoms with Gasteiger partial charge in [-0.25, -0.2) is 0 Å². The van der Waals surface area contributed by atoms with Crippen LogP contribution < -0.4 is 4.90 Å². The summed E-state index contributed by atoms with van der Waals surface area (Å²) in [5.74, 6) is 1.10. The lowest BCUT2D eigenvalue weighted by atomic mass is 9.60. The van der Waals surface area contributed by atoms with Gasteiger partial charge in [0.2, 0.25) is 5.91 Å². The van der Waals surface area contributed by atoms with Crippen LogP contribution in [-0.4, -0.2) is 92.7 Å². The Morgan fingerprint density at radius 1 is 1.17 bits per heavy atom. The minimum absolute atomic E-state index is 0.0365. The van der Waals surface area contributed by atoms with Gasteiger partial charge in [-0.2, -0.15) is 10.2 Å². The van der Waals surface area contributed by atoms with E-state index in [9.17, 15) is 4.79 Å². The number of piperazine rings is 1. The van der Waals surface area contributed by atoms with Crippen molar-refractivity contribution in [3.8, 4) is 11.1 Å². The molecule has 8 rings (SSSR count). The van der Waals surface area contributed by atoms with E-state index in [-0.39, 0.29) is 22.4 Å². The van der Waals surface area contributed by atoms with Crippen LogP contribution in [0.1, 0.15) is 56.3 Å². The van der Waals surface area contributed by atoms with Gasteiger partial charge in [-0.3, -0.25) is 19.5 Å². The third kappa shape index (κ3) is 3.65. The van der Waals surface area contributed by atoms with E-state index in [1.165, 1.54) is 25.3 Å². The Kier molecular flexibility index (Phi) is 5.77. The number of anilines is 1. The van der Waals surface area contributed by atoms with Crippen molar-refractivity contribution < 1.29 is 9.53 Å². The highest BCUT2D eigenvalue weighted by atomic mass is 35.5. The number of aromatic nitrogens is 4. The molecule has 0 atom stereocenters. The number of likely N-dealkylation sites (tertiary alicyclic amines) is 1. The monoisotopic (exact) mass is 589 g/mol. The van der Waals surface area contributed by atoms with Gasteiger partial charge in [-0.15, -0.1) is 0 Å². The Hall–Kier alpha value is -2.88. The number of benzene rings is 1. The molecule has 5 fully saturated rings. The van der Waals surface area contributed by atoms with Crippen molar-refractivity contribution in [1.82, 2.24) is 29.8 Å². The van der Waals surface area contributed by atoms with Crippen LogP contribution in [0, 0.1) is 19.3 Å². The number of carbonyl (C=O) groups is 1. The molecule has 3 aromatic rings. The molecule has 222 valence electrons. The largest absolute Gasteiger partial charge is 0.377 e. The number of aromatic amines is 1. The predicted molar refractivity (Wildman–Crippen MR) is 164 cm³/mol. The molecule has 2 saturated carbocycles. The molecule has 3 aliphatic heterocycles. The van der Waals surface area contributed by atoms with E-state index >= 15 is 0 Å². The van der Waals surface area contributed by atoms with Crippen molar-refractivity contribution in [2.24, 2.45) is 5.41 Å². The highest BCUT2D eigenvalue weighted by Gasteiger charge is 2.56. The topological polar surface area (TPSA) is 82.5 Å². The van der Waals surface area contributed by atoms with Crippen molar-refractivity contribution in [3.63, 3.8) is 0 Å². The Morgan fingerprint density at radius 3 is 2.57 bits per heavy atom. The second kappa shape index (κ2) is 9.07. The SMILES string of the molecule is C=CC(=O)N1CC2(CC(n3nc(N4CCN(C5(C)COC5)CC45CCC5)c(-c4c(Cl)c(C)cc5[nH]ncc45)c3C)C2)C1. The number of ether oxygens (including phenoxy) is 1. The molecule has 0 unspecified atom stereocenters. The lowest BCUT2D eigenvalue weighted by Crippen LogP contribution is -2.72. The fourth-order valence-electron chi connectivity index (χ4n) is 8.57. The first-order valence-electron chi connectivity index (χ1n) is 15.4. The Morgan fingerprint density at radius 2 is 1.93 bits per heavy atom. The summed E-state index contributed by atoms with van der Waals surface area (Å²) in [6, 6.07) is 2.40. The van der Waals surface area contributed by atoms with Gasteiger partial charge < -0.3 is 14.5 Å². The van der Waals surface area contributed by atoms with E-state index in [1.54, 1.807) is 0 Å². The lowest BCUT2D eigenvalue weighted by molar-refractivity contribution is -0.149. The van der Waals surface area contributed by atoms with Gasteiger partial charge in [0.1, 0.15) is 0 Å². The highest BCUT2D eigenvalue weighted by molar-refractivity contribution is 6.36. The summed E-state index contributed by atoms with van der Waals surface area (Å²) >= 11 is 7.18. The van der Waals surface area contributed by atoms with Crippen LogP contribution in [0.4, 0.5) is 5.82 Å². The zero-order valence-corrected chi connectivity index (χ0v) is 25.6.